The number of hydrogen-bond donors (Lipinski definition) is 0. The molecule has 1 saturated heterocycles. The summed E-state index contributed by atoms with van der Waals surface area (Å²) in [6, 6.07) is 3.99. The van der Waals surface area contributed by atoms with Gasteiger partial charge in [0.05, 0.1) is 27.9 Å². The fourth-order valence-electron chi connectivity index (χ4n) is 3.01. The van der Waals surface area contributed by atoms with Crippen molar-refractivity contribution in [1.82, 2.24) is 9.29 Å². The van der Waals surface area contributed by atoms with E-state index < -0.39 is 14.9 Å². The number of thiazole rings is 1. The predicted octanol–water partition coefficient (Wildman–Crippen LogP) is 2.78. The molecule has 8 nitrogen and oxygen atoms in total. The van der Waals surface area contributed by atoms with Crippen molar-refractivity contribution in [2.24, 2.45) is 0 Å². The number of hydrogen-bond acceptors (Lipinski definition) is 7. The summed E-state index contributed by atoms with van der Waals surface area (Å²) in [7, 11) is -2.03. The second-order valence-corrected chi connectivity index (χ2v) is 9.20. The van der Waals surface area contributed by atoms with Gasteiger partial charge in [0.2, 0.25) is 10.0 Å². The Labute approximate surface area is 156 Å². The van der Waals surface area contributed by atoms with E-state index in [0.29, 0.717) is 25.3 Å². The number of nitrogens with zero attached hydrogens (tertiary/aromatic N) is 4. The van der Waals surface area contributed by atoms with Gasteiger partial charge in [-0.2, -0.15) is 4.31 Å². The summed E-state index contributed by atoms with van der Waals surface area (Å²) in [5.41, 5.74) is 1.04. The maximum atomic E-state index is 13.1. The summed E-state index contributed by atoms with van der Waals surface area (Å²) in [4.78, 5) is 16.7. The van der Waals surface area contributed by atoms with Crippen molar-refractivity contribution in [1.29, 1.82) is 0 Å². The zero-order valence-corrected chi connectivity index (χ0v) is 16.2. The minimum atomic E-state index is -3.79. The van der Waals surface area contributed by atoms with Crippen LogP contribution in [-0.4, -0.2) is 42.8 Å². The van der Waals surface area contributed by atoms with Crippen LogP contribution in [0, 0.1) is 17.0 Å². The van der Waals surface area contributed by atoms with E-state index in [1.165, 1.54) is 27.8 Å². The zero-order valence-electron chi connectivity index (χ0n) is 14.6. The smallest absolute Gasteiger partial charge is 0.270 e. The maximum Gasteiger partial charge on any atom is 0.270 e. The predicted molar refractivity (Wildman–Crippen MR) is 100 cm³/mol. The number of rotatable bonds is 6. The summed E-state index contributed by atoms with van der Waals surface area (Å²) in [5.74, 6) is 0. The second-order valence-electron chi connectivity index (χ2n) is 6.23. The lowest BCUT2D eigenvalue weighted by atomic mass is 10.2. The number of nitro groups is 1. The third kappa shape index (κ3) is 3.71. The summed E-state index contributed by atoms with van der Waals surface area (Å²) in [6.07, 6.45) is 1.61. The van der Waals surface area contributed by atoms with E-state index in [0.717, 1.165) is 29.6 Å². The molecule has 140 valence electrons. The van der Waals surface area contributed by atoms with Gasteiger partial charge in [-0.25, -0.2) is 13.4 Å². The van der Waals surface area contributed by atoms with E-state index in [9.17, 15) is 18.5 Å². The molecule has 2 heterocycles. The Morgan fingerprint density at radius 1 is 1.35 bits per heavy atom. The van der Waals surface area contributed by atoms with E-state index in [-0.39, 0.29) is 10.6 Å². The first-order valence-corrected chi connectivity index (χ1v) is 10.5. The first-order valence-electron chi connectivity index (χ1n) is 8.20. The monoisotopic (exact) mass is 396 g/mol. The molecule has 1 aliphatic heterocycles. The quantitative estimate of drug-likeness (QED) is 0.550. The van der Waals surface area contributed by atoms with Gasteiger partial charge in [0.15, 0.2) is 0 Å². The largest absolute Gasteiger partial charge is 0.368 e. The molecule has 26 heavy (non-hydrogen) atoms. The zero-order chi connectivity index (χ0) is 18.9. The highest BCUT2D eigenvalue weighted by Gasteiger charge is 2.31. The van der Waals surface area contributed by atoms with Crippen LogP contribution in [-0.2, 0) is 16.6 Å². The van der Waals surface area contributed by atoms with Gasteiger partial charge in [-0.05, 0) is 25.8 Å². The van der Waals surface area contributed by atoms with Crippen LogP contribution in [0.15, 0.2) is 28.5 Å². The molecule has 0 aliphatic carbocycles. The van der Waals surface area contributed by atoms with Gasteiger partial charge < -0.3 is 4.90 Å². The molecular weight excluding hydrogens is 376 g/mol. The Morgan fingerprint density at radius 2 is 2.04 bits per heavy atom. The standard InChI is InChI=1S/C16H20N4O4S2/c1-12-17-13(11-25-12)10-18(2)15-6-5-14(20(21)22)9-16(15)26(23,24)19-7-3-4-8-19/h5-6,9,11H,3-4,7-8,10H2,1-2H3. The third-order valence-corrected chi connectivity index (χ3v) is 7.06. The van der Waals surface area contributed by atoms with Crippen LogP contribution in [0.3, 0.4) is 0 Å². The first kappa shape index (κ1) is 18.7. The topological polar surface area (TPSA) is 96.6 Å². The van der Waals surface area contributed by atoms with Gasteiger partial charge >= 0.3 is 0 Å². The molecule has 0 amide bonds. The minimum absolute atomic E-state index is 0.0250. The van der Waals surface area contributed by atoms with Crippen LogP contribution < -0.4 is 4.90 Å². The van der Waals surface area contributed by atoms with Crippen LogP contribution >= 0.6 is 11.3 Å². The number of benzene rings is 1. The van der Waals surface area contributed by atoms with Gasteiger partial charge in [0, 0.05) is 37.6 Å². The SMILES string of the molecule is Cc1nc(CN(C)c2ccc([N+](=O)[O-])cc2S(=O)(=O)N2CCCC2)cs1. The van der Waals surface area contributed by atoms with Gasteiger partial charge in [-0.1, -0.05) is 0 Å². The molecular formula is C16H20N4O4S2. The molecule has 2 aromatic rings. The Kier molecular flexibility index (Phi) is 5.26. The summed E-state index contributed by atoms with van der Waals surface area (Å²) >= 11 is 1.52. The van der Waals surface area contributed by atoms with Crippen molar-refractivity contribution >= 4 is 32.7 Å². The highest BCUT2D eigenvalue weighted by atomic mass is 32.2. The van der Waals surface area contributed by atoms with E-state index in [1.54, 1.807) is 11.9 Å². The Hall–Kier alpha value is -2.04. The highest BCUT2D eigenvalue weighted by Crippen LogP contribution is 2.33. The van der Waals surface area contributed by atoms with Crippen molar-refractivity contribution in [3.05, 3.63) is 44.4 Å². The molecule has 1 aliphatic rings. The average molecular weight is 396 g/mol. The van der Waals surface area contributed by atoms with E-state index >= 15 is 0 Å². The molecule has 1 fully saturated rings. The Bertz CT molecular complexity index is 920. The number of sulfonamides is 1. The fraction of sp³-hybridized carbons (Fsp3) is 0.438. The van der Waals surface area contributed by atoms with E-state index in [4.69, 9.17) is 0 Å². The normalized spacial score (nSPS) is 15.3. The first-order chi connectivity index (χ1) is 12.3. The number of nitro benzene ring substituents is 1. The lowest BCUT2D eigenvalue weighted by Gasteiger charge is -2.24. The molecule has 1 aromatic heterocycles. The number of anilines is 1. The van der Waals surface area contributed by atoms with Gasteiger partial charge in [-0.3, -0.25) is 10.1 Å². The number of aryl methyl sites for hydroxylation is 1. The van der Waals surface area contributed by atoms with Gasteiger partial charge in [-0.15, -0.1) is 11.3 Å². The highest BCUT2D eigenvalue weighted by molar-refractivity contribution is 7.89. The summed E-state index contributed by atoms with van der Waals surface area (Å²) in [6.45, 7) is 3.22. The lowest BCUT2D eigenvalue weighted by molar-refractivity contribution is -0.385. The molecule has 0 atom stereocenters. The van der Waals surface area contributed by atoms with Crippen LogP contribution in [0.5, 0.6) is 0 Å². The average Bonchev–Trinajstić information content (AvgIpc) is 3.26. The van der Waals surface area contributed by atoms with E-state index in [1.807, 2.05) is 12.3 Å². The molecule has 3 rings (SSSR count). The molecule has 1 aromatic carbocycles. The van der Waals surface area contributed by atoms with Crippen molar-refractivity contribution < 1.29 is 13.3 Å². The molecule has 0 saturated carbocycles. The van der Waals surface area contributed by atoms with Crippen molar-refractivity contribution in [2.45, 2.75) is 31.2 Å². The fourth-order valence-corrected chi connectivity index (χ4v) is 5.39. The van der Waals surface area contributed by atoms with Crippen LogP contribution in [0.2, 0.25) is 0 Å². The minimum Gasteiger partial charge on any atom is -0.368 e. The maximum absolute atomic E-state index is 13.1. The van der Waals surface area contributed by atoms with Crippen LogP contribution in [0.4, 0.5) is 11.4 Å². The van der Waals surface area contributed by atoms with Gasteiger partial charge in [0.25, 0.3) is 5.69 Å². The third-order valence-electron chi connectivity index (χ3n) is 4.31. The Balaban J connectivity index is 2.02. The molecule has 0 unspecified atom stereocenters. The number of non-ortho nitro benzene ring substituents is 1. The lowest BCUT2D eigenvalue weighted by Crippen LogP contribution is -2.30. The van der Waals surface area contributed by atoms with Crippen LogP contribution in [0.1, 0.15) is 23.5 Å². The van der Waals surface area contributed by atoms with Crippen LogP contribution in [0.25, 0.3) is 0 Å². The summed E-state index contributed by atoms with van der Waals surface area (Å²) in [5, 5.41) is 14.0. The van der Waals surface area contributed by atoms with Crippen molar-refractivity contribution in [3.8, 4) is 0 Å². The van der Waals surface area contributed by atoms with E-state index in [2.05, 4.69) is 4.98 Å². The molecule has 0 spiro atoms. The second kappa shape index (κ2) is 7.29. The molecule has 0 bridgehead atoms. The van der Waals surface area contributed by atoms with Crippen molar-refractivity contribution in [2.75, 3.05) is 25.0 Å². The molecule has 10 heteroatoms. The van der Waals surface area contributed by atoms with Crippen molar-refractivity contribution in [3.63, 3.8) is 0 Å². The summed E-state index contributed by atoms with van der Waals surface area (Å²) < 4.78 is 27.5. The Morgan fingerprint density at radius 3 is 2.62 bits per heavy atom. The molecule has 0 N–H and O–H groups in total. The molecule has 0 radical (unpaired) electrons. The number of aromatic nitrogens is 1. The van der Waals surface area contributed by atoms with Gasteiger partial charge in [0.1, 0.15) is 4.90 Å².